The molecule has 3 rings (SSSR count). The topological polar surface area (TPSA) is 47.6 Å². The van der Waals surface area contributed by atoms with Crippen molar-refractivity contribution in [3.63, 3.8) is 0 Å². The number of carbonyl (C=O) groups excluding carboxylic acids is 1. The average molecular weight is 396 g/mol. The van der Waals surface area contributed by atoms with E-state index in [4.69, 9.17) is 21.1 Å². The summed E-state index contributed by atoms with van der Waals surface area (Å²) in [6.07, 6.45) is 0. The van der Waals surface area contributed by atoms with Gasteiger partial charge in [0.05, 0.1) is 6.61 Å². The first-order valence-electron chi connectivity index (χ1n) is 9.07. The predicted molar refractivity (Wildman–Crippen MR) is 113 cm³/mol. The van der Waals surface area contributed by atoms with Crippen LogP contribution in [0.5, 0.6) is 11.5 Å². The second-order valence-electron chi connectivity index (χ2n) is 6.33. The van der Waals surface area contributed by atoms with Crippen molar-refractivity contribution in [2.24, 2.45) is 0 Å². The van der Waals surface area contributed by atoms with E-state index in [2.05, 4.69) is 5.32 Å². The average Bonchev–Trinajstić information content (AvgIpc) is 2.67. The number of carbonyl (C=O) groups is 1. The van der Waals surface area contributed by atoms with Crippen molar-refractivity contribution in [2.45, 2.75) is 20.5 Å². The molecule has 0 spiro atoms. The number of ether oxygens (including phenoxy) is 2. The van der Waals surface area contributed by atoms with E-state index in [-0.39, 0.29) is 5.91 Å². The Kier molecular flexibility index (Phi) is 6.56. The van der Waals surface area contributed by atoms with Crippen LogP contribution >= 0.6 is 11.6 Å². The standard InChI is InChI=1S/C23H22ClNO3/c1-3-27-22-11-10-17(23(26)25-20-8-5-7-19(24)14-20)13-18(22)15-28-21-9-4-6-16(2)12-21/h4-14H,3,15H2,1-2H3,(H,25,26). The zero-order chi connectivity index (χ0) is 19.9. The summed E-state index contributed by atoms with van der Waals surface area (Å²) in [5.74, 6) is 1.26. The molecule has 0 aromatic heterocycles. The summed E-state index contributed by atoms with van der Waals surface area (Å²) in [6, 6.07) is 20.2. The van der Waals surface area contributed by atoms with E-state index >= 15 is 0 Å². The minimum Gasteiger partial charge on any atom is -0.493 e. The van der Waals surface area contributed by atoms with Gasteiger partial charge in [0.1, 0.15) is 18.1 Å². The molecule has 28 heavy (non-hydrogen) atoms. The smallest absolute Gasteiger partial charge is 0.255 e. The van der Waals surface area contributed by atoms with Gasteiger partial charge in [-0.3, -0.25) is 4.79 Å². The van der Waals surface area contributed by atoms with Crippen LogP contribution in [0.3, 0.4) is 0 Å². The minimum absolute atomic E-state index is 0.220. The van der Waals surface area contributed by atoms with Gasteiger partial charge < -0.3 is 14.8 Å². The number of aryl methyl sites for hydroxylation is 1. The van der Waals surface area contributed by atoms with Crippen molar-refractivity contribution < 1.29 is 14.3 Å². The van der Waals surface area contributed by atoms with E-state index < -0.39 is 0 Å². The van der Waals surface area contributed by atoms with Crippen LogP contribution in [0.2, 0.25) is 5.02 Å². The largest absolute Gasteiger partial charge is 0.493 e. The molecule has 144 valence electrons. The molecule has 0 aliphatic rings. The quantitative estimate of drug-likeness (QED) is 0.543. The van der Waals surface area contributed by atoms with E-state index in [1.807, 2.05) is 38.1 Å². The number of hydrogen-bond donors (Lipinski definition) is 1. The number of hydrogen-bond acceptors (Lipinski definition) is 3. The number of nitrogens with one attached hydrogen (secondary N) is 1. The molecular weight excluding hydrogens is 374 g/mol. The molecule has 3 aromatic rings. The number of amides is 1. The number of anilines is 1. The first kappa shape index (κ1) is 19.8. The third-order valence-corrected chi connectivity index (χ3v) is 4.32. The van der Waals surface area contributed by atoms with E-state index in [1.54, 1.807) is 42.5 Å². The molecule has 0 aliphatic heterocycles. The van der Waals surface area contributed by atoms with E-state index in [0.717, 1.165) is 16.9 Å². The van der Waals surface area contributed by atoms with Crippen molar-refractivity contribution in [3.05, 3.63) is 88.4 Å². The lowest BCUT2D eigenvalue weighted by Gasteiger charge is -2.14. The highest BCUT2D eigenvalue weighted by Crippen LogP contribution is 2.24. The van der Waals surface area contributed by atoms with Crippen molar-refractivity contribution in [3.8, 4) is 11.5 Å². The summed E-state index contributed by atoms with van der Waals surface area (Å²) in [5, 5.41) is 3.42. The molecule has 0 fully saturated rings. The number of rotatable bonds is 7. The fourth-order valence-corrected chi connectivity index (χ4v) is 2.96. The van der Waals surface area contributed by atoms with Gasteiger partial charge in [0.2, 0.25) is 0 Å². The predicted octanol–water partition coefficient (Wildman–Crippen LogP) is 5.88. The molecule has 1 amide bonds. The highest BCUT2D eigenvalue weighted by Gasteiger charge is 2.12. The van der Waals surface area contributed by atoms with Crippen molar-refractivity contribution >= 4 is 23.2 Å². The van der Waals surface area contributed by atoms with E-state index in [0.29, 0.717) is 35.2 Å². The van der Waals surface area contributed by atoms with Gasteiger partial charge in [-0.25, -0.2) is 0 Å². The molecule has 3 aromatic carbocycles. The van der Waals surface area contributed by atoms with Crippen molar-refractivity contribution in [1.29, 1.82) is 0 Å². The van der Waals surface area contributed by atoms with E-state index in [9.17, 15) is 4.79 Å². The van der Waals surface area contributed by atoms with Crippen LogP contribution in [0.25, 0.3) is 0 Å². The Bertz CT molecular complexity index is 972. The van der Waals surface area contributed by atoms with Crippen LogP contribution < -0.4 is 14.8 Å². The van der Waals surface area contributed by atoms with Crippen LogP contribution in [-0.2, 0) is 6.61 Å². The molecule has 0 radical (unpaired) electrons. The first-order chi connectivity index (χ1) is 13.5. The molecular formula is C23H22ClNO3. The number of benzene rings is 3. The lowest BCUT2D eigenvalue weighted by atomic mass is 10.1. The molecule has 0 atom stereocenters. The highest BCUT2D eigenvalue weighted by molar-refractivity contribution is 6.30. The second-order valence-corrected chi connectivity index (χ2v) is 6.76. The Balaban J connectivity index is 1.79. The zero-order valence-corrected chi connectivity index (χ0v) is 16.6. The summed E-state index contributed by atoms with van der Waals surface area (Å²) in [5.41, 5.74) is 3.09. The van der Waals surface area contributed by atoms with Gasteiger partial charge in [0, 0.05) is 21.8 Å². The Labute approximate surface area is 170 Å². The summed E-state index contributed by atoms with van der Waals surface area (Å²) in [6.45, 7) is 4.77. The van der Waals surface area contributed by atoms with Gasteiger partial charge in [0.25, 0.3) is 5.91 Å². The first-order valence-corrected chi connectivity index (χ1v) is 9.45. The third-order valence-electron chi connectivity index (χ3n) is 4.09. The van der Waals surface area contributed by atoms with E-state index in [1.165, 1.54) is 0 Å². The fraction of sp³-hybridized carbons (Fsp3) is 0.174. The normalized spacial score (nSPS) is 10.4. The molecule has 4 nitrogen and oxygen atoms in total. The van der Waals surface area contributed by atoms with Crippen LogP contribution in [0, 0.1) is 6.92 Å². The fourth-order valence-electron chi connectivity index (χ4n) is 2.77. The van der Waals surface area contributed by atoms with Crippen LogP contribution in [-0.4, -0.2) is 12.5 Å². The maximum atomic E-state index is 12.6. The molecule has 0 heterocycles. The minimum atomic E-state index is -0.220. The van der Waals surface area contributed by atoms with Crippen LogP contribution in [0.4, 0.5) is 5.69 Å². The maximum Gasteiger partial charge on any atom is 0.255 e. The van der Waals surface area contributed by atoms with Crippen molar-refractivity contribution in [2.75, 3.05) is 11.9 Å². The Morgan fingerprint density at radius 2 is 1.82 bits per heavy atom. The molecule has 0 saturated heterocycles. The van der Waals surface area contributed by atoms with Crippen molar-refractivity contribution in [1.82, 2.24) is 0 Å². The van der Waals surface area contributed by atoms with Gasteiger partial charge in [-0.1, -0.05) is 29.8 Å². The Morgan fingerprint density at radius 1 is 1.00 bits per heavy atom. The molecule has 5 heteroatoms. The summed E-state index contributed by atoms with van der Waals surface area (Å²) in [4.78, 5) is 12.6. The number of halogens is 1. The van der Waals surface area contributed by atoms with Gasteiger partial charge >= 0.3 is 0 Å². The van der Waals surface area contributed by atoms with Gasteiger partial charge in [0.15, 0.2) is 0 Å². The molecule has 0 unspecified atom stereocenters. The Morgan fingerprint density at radius 3 is 2.57 bits per heavy atom. The summed E-state index contributed by atoms with van der Waals surface area (Å²) in [7, 11) is 0. The lowest BCUT2D eigenvalue weighted by Crippen LogP contribution is -2.13. The Hall–Kier alpha value is -2.98. The van der Waals surface area contributed by atoms with Gasteiger partial charge in [-0.2, -0.15) is 0 Å². The van der Waals surface area contributed by atoms with Gasteiger partial charge in [-0.05, 0) is 67.9 Å². The SMILES string of the molecule is CCOc1ccc(C(=O)Nc2cccc(Cl)c2)cc1COc1cccc(C)c1. The zero-order valence-electron chi connectivity index (χ0n) is 15.9. The van der Waals surface area contributed by atoms with Gasteiger partial charge in [-0.15, -0.1) is 0 Å². The molecule has 0 aliphatic carbocycles. The summed E-state index contributed by atoms with van der Waals surface area (Å²) < 4.78 is 11.6. The van der Waals surface area contributed by atoms with Crippen LogP contribution in [0.1, 0.15) is 28.4 Å². The lowest BCUT2D eigenvalue weighted by molar-refractivity contribution is 0.102. The molecule has 0 saturated carbocycles. The maximum absolute atomic E-state index is 12.6. The molecule has 1 N–H and O–H groups in total. The summed E-state index contributed by atoms with van der Waals surface area (Å²) >= 11 is 5.98. The second kappa shape index (κ2) is 9.29. The molecule has 0 bridgehead atoms. The third kappa shape index (κ3) is 5.27. The highest BCUT2D eigenvalue weighted by atomic mass is 35.5. The van der Waals surface area contributed by atoms with Crippen LogP contribution in [0.15, 0.2) is 66.7 Å². The monoisotopic (exact) mass is 395 g/mol.